The van der Waals surface area contributed by atoms with Crippen LogP contribution in [0, 0.1) is 5.41 Å². The summed E-state index contributed by atoms with van der Waals surface area (Å²) in [5, 5.41) is 0. The number of rotatable bonds is 4. The number of hydrogen-bond donors (Lipinski definition) is 1. The molecular formula is C14H28ClN3O2S. The van der Waals surface area contributed by atoms with Gasteiger partial charge in [0.1, 0.15) is 0 Å². The molecule has 1 rings (SSSR count). The van der Waals surface area contributed by atoms with Crippen LogP contribution in [0.15, 0.2) is 0 Å². The van der Waals surface area contributed by atoms with Crippen LogP contribution in [0.25, 0.3) is 0 Å². The predicted molar refractivity (Wildman–Crippen MR) is 90.8 cm³/mol. The summed E-state index contributed by atoms with van der Waals surface area (Å²) >= 11 is 1.70. The number of nitrogens with zero attached hydrogens (tertiary/aromatic N) is 2. The fraction of sp³-hybridized carbons (Fsp3) is 0.857. The minimum Gasteiger partial charge on any atom is -0.339 e. The van der Waals surface area contributed by atoms with Gasteiger partial charge in [0.05, 0.1) is 6.04 Å². The fourth-order valence-electron chi connectivity index (χ4n) is 2.21. The van der Waals surface area contributed by atoms with E-state index in [1.165, 1.54) is 0 Å². The Morgan fingerprint density at radius 2 is 1.62 bits per heavy atom. The Hall–Kier alpha value is -0.460. The summed E-state index contributed by atoms with van der Waals surface area (Å²) in [5.74, 6) is 1.06. The first-order valence-corrected chi connectivity index (χ1v) is 8.49. The van der Waals surface area contributed by atoms with Crippen LogP contribution in [0.2, 0.25) is 0 Å². The Morgan fingerprint density at radius 3 is 2.05 bits per heavy atom. The highest BCUT2D eigenvalue weighted by atomic mass is 35.5. The second-order valence-electron chi connectivity index (χ2n) is 6.26. The third-order valence-corrected chi connectivity index (χ3v) is 4.11. The molecule has 2 amide bonds. The highest BCUT2D eigenvalue weighted by Crippen LogP contribution is 2.18. The largest absolute Gasteiger partial charge is 0.339 e. The second-order valence-corrected chi connectivity index (χ2v) is 7.24. The van der Waals surface area contributed by atoms with E-state index >= 15 is 0 Å². The summed E-state index contributed by atoms with van der Waals surface area (Å²) in [4.78, 5) is 28.0. The van der Waals surface area contributed by atoms with E-state index in [1.54, 1.807) is 16.7 Å². The number of amides is 2. The molecule has 0 radical (unpaired) electrons. The van der Waals surface area contributed by atoms with Crippen LogP contribution in [0.1, 0.15) is 27.2 Å². The molecule has 0 bridgehead atoms. The topological polar surface area (TPSA) is 66.6 Å². The van der Waals surface area contributed by atoms with Crippen molar-refractivity contribution in [1.29, 1.82) is 0 Å². The molecule has 5 nitrogen and oxygen atoms in total. The molecule has 0 aromatic rings. The Kier molecular flexibility index (Phi) is 8.66. The number of nitrogens with two attached hydrogens (primary N) is 1. The maximum Gasteiger partial charge on any atom is 0.239 e. The number of piperazine rings is 1. The van der Waals surface area contributed by atoms with Crippen molar-refractivity contribution < 1.29 is 9.59 Å². The van der Waals surface area contributed by atoms with Gasteiger partial charge in [0.15, 0.2) is 0 Å². The molecule has 0 unspecified atom stereocenters. The molecule has 0 aromatic carbocycles. The van der Waals surface area contributed by atoms with Gasteiger partial charge in [-0.05, 0) is 18.4 Å². The standard InChI is InChI=1S/C14H27N3O2S.ClH/c1-14(2,3)13(19)17-8-6-16(7-9-17)12(18)11(15)5-10-20-4;/h11H,5-10,15H2,1-4H3;1H/t11-;/m0./s1. The number of thioether (sulfide) groups is 1. The molecule has 1 heterocycles. The number of hydrogen-bond acceptors (Lipinski definition) is 4. The van der Waals surface area contributed by atoms with Crippen molar-refractivity contribution in [2.24, 2.45) is 11.1 Å². The maximum atomic E-state index is 12.2. The average molecular weight is 338 g/mol. The van der Waals surface area contributed by atoms with Gasteiger partial charge in [0.2, 0.25) is 11.8 Å². The van der Waals surface area contributed by atoms with E-state index in [0.717, 1.165) is 5.75 Å². The Bertz CT molecular complexity index is 353. The molecule has 0 aromatic heterocycles. The maximum absolute atomic E-state index is 12.2. The van der Waals surface area contributed by atoms with Gasteiger partial charge in [-0.3, -0.25) is 9.59 Å². The van der Waals surface area contributed by atoms with Crippen LogP contribution in [0.4, 0.5) is 0 Å². The Morgan fingerprint density at radius 1 is 1.14 bits per heavy atom. The van der Waals surface area contributed by atoms with E-state index in [1.807, 2.05) is 31.9 Å². The first-order valence-electron chi connectivity index (χ1n) is 7.10. The SMILES string of the molecule is CSCC[C@H](N)C(=O)N1CCN(C(=O)C(C)(C)C)CC1.Cl. The smallest absolute Gasteiger partial charge is 0.239 e. The van der Waals surface area contributed by atoms with Crippen molar-refractivity contribution >= 4 is 36.0 Å². The fourth-order valence-corrected chi connectivity index (χ4v) is 2.70. The van der Waals surface area contributed by atoms with E-state index in [0.29, 0.717) is 32.6 Å². The lowest BCUT2D eigenvalue weighted by Crippen LogP contribution is -2.55. The van der Waals surface area contributed by atoms with Gasteiger partial charge >= 0.3 is 0 Å². The predicted octanol–water partition coefficient (Wildman–Crippen LogP) is 1.21. The molecule has 7 heteroatoms. The first kappa shape index (κ1) is 20.5. The molecule has 124 valence electrons. The zero-order valence-corrected chi connectivity index (χ0v) is 15.1. The van der Waals surface area contributed by atoms with Gasteiger partial charge in [-0.25, -0.2) is 0 Å². The summed E-state index contributed by atoms with van der Waals surface area (Å²) in [6.45, 7) is 8.16. The van der Waals surface area contributed by atoms with Gasteiger partial charge in [-0.2, -0.15) is 11.8 Å². The van der Waals surface area contributed by atoms with Crippen LogP contribution in [0.5, 0.6) is 0 Å². The van der Waals surface area contributed by atoms with Gasteiger partial charge in [0, 0.05) is 31.6 Å². The van der Waals surface area contributed by atoms with Crippen LogP contribution < -0.4 is 5.73 Å². The zero-order valence-electron chi connectivity index (χ0n) is 13.4. The molecule has 21 heavy (non-hydrogen) atoms. The van der Waals surface area contributed by atoms with E-state index in [9.17, 15) is 9.59 Å². The molecular weight excluding hydrogens is 310 g/mol. The van der Waals surface area contributed by atoms with E-state index in [2.05, 4.69) is 0 Å². The first-order chi connectivity index (χ1) is 9.27. The van der Waals surface area contributed by atoms with Crippen molar-refractivity contribution in [2.75, 3.05) is 38.2 Å². The van der Waals surface area contributed by atoms with Crippen molar-refractivity contribution in [3.05, 3.63) is 0 Å². The van der Waals surface area contributed by atoms with Crippen LogP contribution >= 0.6 is 24.2 Å². The highest BCUT2D eigenvalue weighted by Gasteiger charge is 2.31. The molecule has 1 fully saturated rings. The lowest BCUT2D eigenvalue weighted by Gasteiger charge is -2.38. The molecule has 1 aliphatic rings. The number of carbonyl (C=O) groups excluding carboxylic acids is 2. The summed E-state index contributed by atoms with van der Waals surface area (Å²) in [6.07, 6.45) is 2.72. The van der Waals surface area contributed by atoms with Crippen LogP contribution in [0.3, 0.4) is 0 Å². The third-order valence-electron chi connectivity index (χ3n) is 3.47. The second kappa shape index (κ2) is 8.86. The number of halogens is 1. The van der Waals surface area contributed by atoms with Crippen LogP contribution in [-0.2, 0) is 9.59 Å². The molecule has 1 atom stereocenters. The van der Waals surface area contributed by atoms with Crippen molar-refractivity contribution in [1.82, 2.24) is 9.80 Å². The van der Waals surface area contributed by atoms with Gasteiger partial charge in [-0.1, -0.05) is 20.8 Å². The summed E-state index contributed by atoms with van der Waals surface area (Å²) in [6, 6.07) is -0.410. The van der Waals surface area contributed by atoms with E-state index in [4.69, 9.17) is 5.73 Å². The van der Waals surface area contributed by atoms with Gasteiger partial charge < -0.3 is 15.5 Å². The minimum atomic E-state index is -0.410. The quantitative estimate of drug-likeness (QED) is 0.837. The Labute approximate surface area is 138 Å². The third kappa shape index (κ3) is 6.04. The average Bonchev–Trinajstić information content (AvgIpc) is 2.42. The normalized spacial score (nSPS) is 17.2. The van der Waals surface area contributed by atoms with Crippen LogP contribution in [-0.4, -0.2) is 65.8 Å². The van der Waals surface area contributed by atoms with Gasteiger partial charge in [0.25, 0.3) is 0 Å². The summed E-state index contributed by atoms with van der Waals surface area (Å²) in [7, 11) is 0. The molecule has 1 saturated heterocycles. The minimum absolute atomic E-state index is 0. The van der Waals surface area contributed by atoms with Crippen molar-refractivity contribution in [3.63, 3.8) is 0 Å². The lowest BCUT2D eigenvalue weighted by atomic mass is 9.94. The van der Waals surface area contributed by atoms with Crippen molar-refractivity contribution in [3.8, 4) is 0 Å². The highest BCUT2D eigenvalue weighted by molar-refractivity contribution is 7.98. The molecule has 0 saturated carbocycles. The summed E-state index contributed by atoms with van der Waals surface area (Å²) < 4.78 is 0. The van der Waals surface area contributed by atoms with E-state index < -0.39 is 6.04 Å². The zero-order chi connectivity index (χ0) is 15.3. The van der Waals surface area contributed by atoms with E-state index in [-0.39, 0.29) is 29.6 Å². The molecule has 2 N–H and O–H groups in total. The number of carbonyl (C=O) groups is 2. The molecule has 1 aliphatic heterocycles. The summed E-state index contributed by atoms with van der Waals surface area (Å²) in [5.41, 5.74) is 5.55. The Balaban J connectivity index is 0.00000400. The lowest BCUT2D eigenvalue weighted by molar-refractivity contribution is -0.145. The monoisotopic (exact) mass is 337 g/mol. The van der Waals surface area contributed by atoms with Crippen molar-refractivity contribution in [2.45, 2.75) is 33.2 Å². The molecule has 0 spiro atoms. The molecule has 0 aliphatic carbocycles. The van der Waals surface area contributed by atoms with Gasteiger partial charge in [-0.15, -0.1) is 12.4 Å².